The number of aromatic carboxylic acids is 1. The van der Waals surface area contributed by atoms with Gasteiger partial charge < -0.3 is 9.84 Å². The molecule has 0 bridgehead atoms. The highest BCUT2D eigenvalue weighted by Gasteiger charge is 2.16. The Morgan fingerprint density at radius 2 is 1.75 bits per heavy atom. The molecule has 2 aromatic carbocycles. The van der Waals surface area contributed by atoms with Gasteiger partial charge in [0, 0.05) is 5.69 Å². The van der Waals surface area contributed by atoms with Gasteiger partial charge in [0.2, 0.25) is 0 Å². The monoisotopic (exact) mass is 347 g/mol. The predicted octanol–water partition coefficient (Wildman–Crippen LogP) is 5.05. The predicted molar refractivity (Wildman–Crippen MR) is 93.7 cm³/mol. The average Bonchev–Trinajstić information content (AvgIpc) is 2.44. The summed E-state index contributed by atoms with van der Waals surface area (Å²) in [5.41, 5.74) is 1.57. The maximum absolute atomic E-state index is 11.8. The zero-order valence-corrected chi connectivity index (χ0v) is 14.3. The van der Waals surface area contributed by atoms with Crippen LogP contribution >= 0.6 is 11.6 Å². The fourth-order valence-electron chi connectivity index (χ4n) is 2.07. The van der Waals surface area contributed by atoms with E-state index in [1.165, 1.54) is 6.07 Å². The van der Waals surface area contributed by atoms with E-state index in [0.29, 0.717) is 5.69 Å². The molecule has 2 rings (SSSR count). The van der Waals surface area contributed by atoms with Gasteiger partial charge in [0.05, 0.1) is 10.6 Å². The van der Waals surface area contributed by atoms with E-state index in [4.69, 9.17) is 21.4 Å². The first-order chi connectivity index (χ1) is 11.2. The second kappa shape index (κ2) is 6.93. The molecule has 0 aliphatic heterocycles. The van der Waals surface area contributed by atoms with Gasteiger partial charge in [0.1, 0.15) is 5.60 Å². The summed E-state index contributed by atoms with van der Waals surface area (Å²) in [4.78, 5) is 22.8. The topological polar surface area (TPSA) is 75.6 Å². The summed E-state index contributed by atoms with van der Waals surface area (Å²) >= 11 is 6.00. The van der Waals surface area contributed by atoms with Crippen LogP contribution in [0.4, 0.5) is 10.5 Å². The van der Waals surface area contributed by atoms with Crippen molar-refractivity contribution in [3.8, 4) is 11.1 Å². The molecule has 5 nitrogen and oxygen atoms in total. The van der Waals surface area contributed by atoms with Gasteiger partial charge in [0.25, 0.3) is 0 Å². The third-order valence-electron chi connectivity index (χ3n) is 3.04. The number of carbonyl (C=O) groups excluding carboxylic acids is 1. The van der Waals surface area contributed by atoms with Crippen molar-refractivity contribution >= 4 is 29.4 Å². The first kappa shape index (κ1) is 17.8. The Balaban J connectivity index is 2.23. The Kier molecular flexibility index (Phi) is 5.14. The maximum atomic E-state index is 11.8. The van der Waals surface area contributed by atoms with E-state index in [1.54, 1.807) is 51.1 Å². The molecule has 24 heavy (non-hydrogen) atoms. The molecule has 1 amide bonds. The Morgan fingerprint density at radius 1 is 1.08 bits per heavy atom. The molecule has 0 fully saturated rings. The lowest BCUT2D eigenvalue weighted by molar-refractivity contribution is 0.0634. The van der Waals surface area contributed by atoms with Crippen molar-refractivity contribution in [3.05, 3.63) is 53.1 Å². The SMILES string of the molecule is CC(C)(C)OC(=O)Nc1cccc(-c2ccc(C(=O)O)c(Cl)c2)c1. The molecule has 2 aromatic rings. The summed E-state index contributed by atoms with van der Waals surface area (Å²) in [6.45, 7) is 5.36. The molecule has 0 spiro atoms. The van der Waals surface area contributed by atoms with E-state index in [2.05, 4.69) is 5.32 Å². The summed E-state index contributed by atoms with van der Waals surface area (Å²) in [7, 11) is 0. The molecule has 0 aliphatic rings. The Labute approximate surface area is 145 Å². The van der Waals surface area contributed by atoms with Crippen molar-refractivity contribution in [2.45, 2.75) is 26.4 Å². The molecule has 0 unspecified atom stereocenters. The summed E-state index contributed by atoms with van der Waals surface area (Å²) < 4.78 is 5.21. The molecule has 0 atom stereocenters. The van der Waals surface area contributed by atoms with Crippen molar-refractivity contribution in [2.24, 2.45) is 0 Å². The second-order valence-corrected chi connectivity index (χ2v) is 6.61. The van der Waals surface area contributed by atoms with Gasteiger partial charge in [-0.05, 0) is 56.2 Å². The lowest BCUT2D eigenvalue weighted by atomic mass is 10.0. The number of carbonyl (C=O) groups is 2. The van der Waals surface area contributed by atoms with Crippen molar-refractivity contribution in [1.29, 1.82) is 0 Å². The summed E-state index contributed by atoms with van der Waals surface area (Å²) in [5.74, 6) is -1.08. The molecule has 2 N–H and O–H groups in total. The number of nitrogens with one attached hydrogen (secondary N) is 1. The molecule has 0 heterocycles. The number of hydrogen-bond acceptors (Lipinski definition) is 3. The van der Waals surface area contributed by atoms with Gasteiger partial charge >= 0.3 is 12.1 Å². The number of amides is 1. The first-order valence-corrected chi connectivity index (χ1v) is 7.67. The van der Waals surface area contributed by atoms with E-state index < -0.39 is 17.7 Å². The third-order valence-corrected chi connectivity index (χ3v) is 3.35. The van der Waals surface area contributed by atoms with Crippen LogP contribution in [0.15, 0.2) is 42.5 Å². The average molecular weight is 348 g/mol. The van der Waals surface area contributed by atoms with Gasteiger partial charge in [-0.2, -0.15) is 0 Å². The zero-order chi connectivity index (χ0) is 17.9. The molecular formula is C18H18ClNO4. The van der Waals surface area contributed by atoms with E-state index in [9.17, 15) is 9.59 Å². The molecule has 0 saturated heterocycles. The number of benzene rings is 2. The number of carboxylic acid groups (broad SMARTS) is 1. The molecule has 6 heteroatoms. The van der Waals surface area contributed by atoms with Crippen LogP contribution in [-0.2, 0) is 4.74 Å². The second-order valence-electron chi connectivity index (χ2n) is 6.21. The highest BCUT2D eigenvalue weighted by Crippen LogP contribution is 2.27. The van der Waals surface area contributed by atoms with E-state index >= 15 is 0 Å². The quantitative estimate of drug-likeness (QED) is 0.814. The number of carboxylic acids is 1. The number of hydrogen-bond donors (Lipinski definition) is 2. The van der Waals surface area contributed by atoms with Gasteiger partial charge in [-0.25, -0.2) is 9.59 Å². The van der Waals surface area contributed by atoms with E-state index in [0.717, 1.165) is 11.1 Å². The van der Waals surface area contributed by atoms with Crippen molar-refractivity contribution in [3.63, 3.8) is 0 Å². The van der Waals surface area contributed by atoms with Gasteiger partial charge in [-0.15, -0.1) is 0 Å². The Bertz CT molecular complexity index is 781. The molecule has 0 saturated carbocycles. The first-order valence-electron chi connectivity index (χ1n) is 7.29. The summed E-state index contributed by atoms with van der Waals surface area (Å²) in [6.07, 6.45) is -0.543. The molecule has 126 valence electrons. The number of rotatable bonds is 3. The molecular weight excluding hydrogens is 330 g/mol. The fourth-order valence-corrected chi connectivity index (χ4v) is 2.33. The summed E-state index contributed by atoms with van der Waals surface area (Å²) in [6, 6.07) is 11.8. The van der Waals surface area contributed by atoms with Crippen LogP contribution in [0.25, 0.3) is 11.1 Å². The summed E-state index contributed by atoms with van der Waals surface area (Å²) in [5, 5.41) is 11.8. The van der Waals surface area contributed by atoms with Crippen LogP contribution in [0.1, 0.15) is 31.1 Å². The van der Waals surface area contributed by atoms with Crippen LogP contribution in [-0.4, -0.2) is 22.8 Å². The van der Waals surface area contributed by atoms with Gasteiger partial charge in [-0.3, -0.25) is 5.32 Å². The van der Waals surface area contributed by atoms with E-state index in [-0.39, 0.29) is 10.6 Å². The van der Waals surface area contributed by atoms with Gasteiger partial charge in [-0.1, -0.05) is 29.8 Å². The van der Waals surface area contributed by atoms with Gasteiger partial charge in [0.15, 0.2) is 0 Å². The van der Waals surface area contributed by atoms with Crippen molar-refractivity contribution < 1.29 is 19.4 Å². The van der Waals surface area contributed by atoms with Crippen LogP contribution in [0, 0.1) is 0 Å². The minimum atomic E-state index is -1.08. The highest BCUT2D eigenvalue weighted by atomic mass is 35.5. The normalized spacial score (nSPS) is 11.0. The van der Waals surface area contributed by atoms with Crippen LogP contribution in [0.2, 0.25) is 5.02 Å². The largest absolute Gasteiger partial charge is 0.478 e. The highest BCUT2D eigenvalue weighted by molar-refractivity contribution is 6.33. The number of anilines is 1. The Hall–Kier alpha value is -2.53. The lowest BCUT2D eigenvalue weighted by Gasteiger charge is -2.19. The van der Waals surface area contributed by atoms with Crippen molar-refractivity contribution in [2.75, 3.05) is 5.32 Å². The minimum Gasteiger partial charge on any atom is -0.478 e. The number of ether oxygens (including phenoxy) is 1. The number of halogens is 1. The van der Waals surface area contributed by atoms with E-state index in [1.807, 2.05) is 6.07 Å². The molecule has 0 radical (unpaired) electrons. The zero-order valence-electron chi connectivity index (χ0n) is 13.6. The molecule has 0 aliphatic carbocycles. The standard InChI is InChI=1S/C18H18ClNO4/c1-18(2,3)24-17(23)20-13-6-4-5-11(9-13)12-7-8-14(16(21)22)15(19)10-12/h4-10H,1-3H3,(H,20,23)(H,21,22). The smallest absolute Gasteiger partial charge is 0.412 e. The third kappa shape index (κ3) is 4.73. The molecule has 0 aromatic heterocycles. The van der Waals surface area contributed by atoms with Crippen LogP contribution < -0.4 is 5.32 Å². The minimum absolute atomic E-state index is 0.0449. The van der Waals surface area contributed by atoms with Crippen molar-refractivity contribution in [1.82, 2.24) is 0 Å². The van der Waals surface area contributed by atoms with Crippen LogP contribution in [0.5, 0.6) is 0 Å². The Morgan fingerprint density at radius 3 is 2.33 bits per heavy atom. The fraction of sp³-hybridized carbons (Fsp3) is 0.222. The maximum Gasteiger partial charge on any atom is 0.412 e. The van der Waals surface area contributed by atoms with Crippen LogP contribution in [0.3, 0.4) is 0 Å². The lowest BCUT2D eigenvalue weighted by Crippen LogP contribution is -2.27.